The SMILES string of the molecule is O=C(O)c1cccc2[c]occ12. The van der Waals surface area contributed by atoms with Gasteiger partial charge in [-0.2, -0.15) is 0 Å². The van der Waals surface area contributed by atoms with Crippen molar-refractivity contribution in [2.45, 2.75) is 0 Å². The third kappa shape index (κ3) is 0.871. The number of benzene rings is 1. The van der Waals surface area contributed by atoms with Crippen LogP contribution < -0.4 is 0 Å². The first-order valence-corrected chi connectivity index (χ1v) is 3.40. The number of rotatable bonds is 1. The van der Waals surface area contributed by atoms with Crippen molar-refractivity contribution >= 4 is 16.7 Å². The number of fused-ring (bicyclic) bond motifs is 1. The van der Waals surface area contributed by atoms with E-state index in [0.29, 0.717) is 10.8 Å². The number of carboxylic acids is 1. The van der Waals surface area contributed by atoms with Gasteiger partial charge in [-0.05, 0) is 6.07 Å². The number of furan rings is 1. The number of carbonyl (C=O) groups is 1. The summed E-state index contributed by atoms with van der Waals surface area (Å²) in [6.45, 7) is 0. The highest BCUT2D eigenvalue weighted by molar-refractivity contribution is 6.02. The van der Waals surface area contributed by atoms with Crippen LogP contribution in [0, 0.1) is 6.26 Å². The maximum Gasteiger partial charge on any atom is 0.336 e. The molecule has 1 N–H and O–H groups in total. The van der Waals surface area contributed by atoms with Crippen LogP contribution in [0.15, 0.2) is 28.9 Å². The van der Waals surface area contributed by atoms with Crippen LogP contribution in [0.1, 0.15) is 10.4 Å². The summed E-state index contributed by atoms with van der Waals surface area (Å²) in [6, 6.07) is 4.96. The maximum atomic E-state index is 10.7. The Morgan fingerprint density at radius 1 is 1.50 bits per heavy atom. The van der Waals surface area contributed by atoms with Crippen LogP contribution in [-0.2, 0) is 0 Å². The summed E-state index contributed by atoms with van der Waals surface area (Å²) >= 11 is 0. The van der Waals surface area contributed by atoms with E-state index in [2.05, 4.69) is 6.26 Å². The van der Waals surface area contributed by atoms with Crippen LogP contribution >= 0.6 is 0 Å². The summed E-state index contributed by atoms with van der Waals surface area (Å²) in [5.41, 5.74) is 0.248. The normalized spacial score (nSPS) is 10.3. The largest absolute Gasteiger partial charge is 0.478 e. The zero-order valence-electron chi connectivity index (χ0n) is 6.07. The van der Waals surface area contributed by atoms with Crippen LogP contribution in [-0.4, -0.2) is 11.1 Å². The molecule has 0 saturated carbocycles. The van der Waals surface area contributed by atoms with Crippen molar-refractivity contribution in [3.63, 3.8) is 0 Å². The lowest BCUT2D eigenvalue weighted by Gasteiger charge is -1.93. The van der Waals surface area contributed by atoms with Gasteiger partial charge in [0.15, 0.2) is 6.26 Å². The van der Waals surface area contributed by atoms with Crippen LogP contribution in [0.3, 0.4) is 0 Å². The minimum atomic E-state index is -0.949. The standard InChI is InChI=1S/C9H5O3/c10-9(11)7-3-1-2-6-4-12-5-8(6)7/h1-3,5H,(H,10,11). The Morgan fingerprint density at radius 2 is 2.33 bits per heavy atom. The molecule has 2 rings (SSSR count). The zero-order chi connectivity index (χ0) is 8.55. The van der Waals surface area contributed by atoms with Gasteiger partial charge in [0, 0.05) is 10.8 Å². The Morgan fingerprint density at radius 3 is 3.08 bits per heavy atom. The summed E-state index contributed by atoms with van der Waals surface area (Å²) in [5, 5.41) is 10.0. The molecule has 0 saturated heterocycles. The van der Waals surface area contributed by atoms with Crippen molar-refractivity contribution in [2.24, 2.45) is 0 Å². The van der Waals surface area contributed by atoms with Gasteiger partial charge in [0.2, 0.25) is 0 Å². The first kappa shape index (κ1) is 6.91. The highest BCUT2D eigenvalue weighted by Crippen LogP contribution is 2.18. The van der Waals surface area contributed by atoms with Crippen molar-refractivity contribution in [3.8, 4) is 0 Å². The third-order valence-electron chi connectivity index (χ3n) is 1.68. The number of hydrogen-bond donors (Lipinski definition) is 1. The van der Waals surface area contributed by atoms with Crippen molar-refractivity contribution < 1.29 is 14.3 Å². The Kier molecular flexibility index (Phi) is 1.37. The van der Waals surface area contributed by atoms with E-state index < -0.39 is 5.97 Å². The van der Waals surface area contributed by atoms with Gasteiger partial charge in [0.25, 0.3) is 0 Å². The lowest BCUT2D eigenvalue weighted by Crippen LogP contribution is -1.95. The number of hydrogen-bond acceptors (Lipinski definition) is 2. The molecule has 1 aromatic heterocycles. The van der Waals surface area contributed by atoms with E-state index in [1.54, 1.807) is 12.1 Å². The minimum Gasteiger partial charge on any atom is -0.478 e. The molecule has 3 nitrogen and oxygen atoms in total. The fourth-order valence-corrected chi connectivity index (χ4v) is 1.12. The molecular weight excluding hydrogens is 156 g/mol. The van der Waals surface area contributed by atoms with Crippen molar-refractivity contribution in [2.75, 3.05) is 0 Å². The molecule has 0 aliphatic rings. The minimum absolute atomic E-state index is 0.248. The van der Waals surface area contributed by atoms with Crippen LogP contribution in [0.25, 0.3) is 10.8 Å². The molecule has 0 atom stereocenters. The highest BCUT2D eigenvalue weighted by Gasteiger charge is 2.08. The molecule has 0 bridgehead atoms. The summed E-state index contributed by atoms with van der Waals surface area (Å²) < 4.78 is 4.77. The van der Waals surface area contributed by atoms with Gasteiger partial charge in [0.05, 0.1) is 5.56 Å². The second-order valence-electron chi connectivity index (χ2n) is 2.41. The van der Waals surface area contributed by atoms with Crippen LogP contribution in [0.4, 0.5) is 0 Å². The lowest BCUT2D eigenvalue weighted by molar-refractivity contribution is 0.0699. The predicted molar refractivity (Wildman–Crippen MR) is 42.0 cm³/mol. The monoisotopic (exact) mass is 161 g/mol. The van der Waals surface area contributed by atoms with Gasteiger partial charge in [-0.25, -0.2) is 4.79 Å². The molecule has 1 radical (unpaired) electrons. The predicted octanol–water partition coefficient (Wildman–Crippen LogP) is 1.93. The average Bonchev–Trinajstić information content (AvgIpc) is 2.49. The summed E-state index contributed by atoms with van der Waals surface area (Å²) in [5.74, 6) is -0.949. The van der Waals surface area contributed by atoms with E-state index in [1.165, 1.54) is 12.3 Å². The molecule has 59 valence electrons. The first-order chi connectivity index (χ1) is 5.79. The van der Waals surface area contributed by atoms with Crippen LogP contribution in [0.2, 0.25) is 0 Å². The van der Waals surface area contributed by atoms with Gasteiger partial charge in [-0.15, -0.1) is 0 Å². The molecule has 0 aliphatic carbocycles. The van der Waals surface area contributed by atoms with Gasteiger partial charge in [-0.1, -0.05) is 12.1 Å². The lowest BCUT2D eigenvalue weighted by atomic mass is 10.1. The summed E-state index contributed by atoms with van der Waals surface area (Å²) in [4.78, 5) is 10.7. The highest BCUT2D eigenvalue weighted by atomic mass is 16.4. The molecule has 0 spiro atoms. The zero-order valence-corrected chi connectivity index (χ0v) is 6.07. The second kappa shape index (κ2) is 2.37. The topological polar surface area (TPSA) is 50.4 Å². The molecule has 0 fully saturated rings. The second-order valence-corrected chi connectivity index (χ2v) is 2.41. The Balaban J connectivity index is 2.82. The van der Waals surface area contributed by atoms with E-state index in [9.17, 15) is 4.79 Å². The van der Waals surface area contributed by atoms with Crippen molar-refractivity contribution in [1.29, 1.82) is 0 Å². The van der Waals surface area contributed by atoms with E-state index in [-0.39, 0.29) is 5.56 Å². The molecule has 1 aromatic carbocycles. The van der Waals surface area contributed by atoms with E-state index in [0.717, 1.165) is 0 Å². The summed E-state index contributed by atoms with van der Waals surface area (Å²) in [6.07, 6.45) is 3.96. The molecule has 0 unspecified atom stereocenters. The Hall–Kier alpha value is -1.77. The van der Waals surface area contributed by atoms with E-state index >= 15 is 0 Å². The molecule has 1 heterocycles. The van der Waals surface area contributed by atoms with Gasteiger partial charge in [0.1, 0.15) is 6.26 Å². The fraction of sp³-hybridized carbons (Fsp3) is 0. The summed E-state index contributed by atoms with van der Waals surface area (Å²) in [7, 11) is 0. The molecule has 3 heteroatoms. The number of carboxylic acid groups (broad SMARTS) is 1. The van der Waals surface area contributed by atoms with Gasteiger partial charge < -0.3 is 9.52 Å². The van der Waals surface area contributed by atoms with Gasteiger partial charge in [-0.3, -0.25) is 0 Å². The average molecular weight is 161 g/mol. The van der Waals surface area contributed by atoms with E-state index in [4.69, 9.17) is 9.52 Å². The molecule has 0 amide bonds. The van der Waals surface area contributed by atoms with Crippen molar-refractivity contribution in [1.82, 2.24) is 0 Å². The smallest absolute Gasteiger partial charge is 0.336 e. The number of aromatic carboxylic acids is 1. The van der Waals surface area contributed by atoms with Crippen molar-refractivity contribution in [3.05, 3.63) is 36.3 Å². The van der Waals surface area contributed by atoms with E-state index in [1.807, 2.05) is 0 Å². The molecule has 2 aromatic rings. The molecule has 0 aliphatic heterocycles. The Labute approximate surface area is 68.2 Å². The molecule has 12 heavy (non-hydrogen) atoms. The third-order valence-corrected chi connectivity index (χ3v) is 1.68. The van der Waals surface area contributed by atoms with Crippen LogP contribution in [0.5, 0.6) is 0 Å². The first-order valence-electron chi connectivity index (χ1n) is 3.40. The van der Waals surface area contributed by atoms with Gasteiger partial charge >= 0.3 is 5.97 Å². The quantitative estimate of drug-likeness (QED) is 0.695. The Bertz CT molecular complexity index is 428. The molecular formula is C9H5O3. The maximum absolute atomic E-state index is 10.7. The fourth-order valence-electron chi connectivity index (χ4n) is 1.12.